The number of ether oxygens (including phenoxy) is 1. The first-order chi connectivity index (χ1) is 7.75. The van der Waals surface area contributed by atoms with Crippen LogP contribution in [0.2, 0.25) is 0 Å². The highest BCUT2D eigenvalue weighted by atomic mass is 79.9. The average molecular weight is 278 g/mol. The lowest BCUT2D eigenvalue weighted by Gasteiger charge is -2.07. The SMILES string of the molecule is NC(Br)c1ccc(Oc2ccccc2)cc1. The first kappa shape index (κ1) is 11.2. The summed E-state index contributed by atoms with van der Waals surface area (Å²) in [4.78, 5) is -0.127. The smallest absolute Gasteiger partial charge is 0.127 e. The molecule has 0 radical (unpaired) electrons. The number of hydrogen-bond acceptors (Lipinski definition) is 2. The van der Waals surface area contributed by atoms with Crippen LogP contribution in [0.4, 0.5) is 0 Å². The Bertz CT molecular complexity index is 439. The first-order valence-corrected chi connectivity index (χ1v) is 5.90. The number of benzene rings is 2. The molecule has 3 heteroatoms. The fourth-order valence-corrected chi connectivity index (χ4v) is 1.65. The zero-order valence-corrected chi connectivity index (χ0v) is 10.2. The quantitative estimate of drug-likeness (QED) is 0.684. The number of hydrogen-bond donors (Lipinski definition) is 1. The molecule has 0 aliphatic rings. The summed E-state index contributed by atoms with van der Waals surface area (Å²) in [6, 6.07) is 17.4. The van der Waals surface area contributed by atoms with Crippen LogP contribution in [0, 0.1) is 0 Å². The minimum Gasteiger partial charge on any atom is -0.457 e. The molecule has 0 amide bonds. The van der Waals surface area contributed by atoms with Crippen molar-refractivity contribution in [1.82, 2.24) is 0 Å². The molecule has 0 fully saturated rings. The molecule has 0 saturated heterocycles. The third-order valence-corrected chi connectivity index (χ3v) is 2.71. The Kier molecular flexibility index (Phi) is 3.59. The van der Waals surface area contributed by atoms with Crippen molar-refractivity contribution in [2.24, 2.45) is 5.73 Å². The topological polar surface area (TPSA) is 35.2 Å². The first-order valence-electron chi connectivity index (χ1n) is 4.98. The number of rotatable bonds is 3. The molecule has 1 atom stereocenters. The van der Waals surface area contributed by atoms with Gasteiger partial charge in [0, 0.05) is 0 Å². The van der Waals surface area contributed by atoms with Gasteiger partial charge in [-0.05, 0) is 29.8 Å². The molecule has 0 saturated carbocycles. The molecule has 0 heterocycles. The Morgan fingerprint density at radius 1 is 0.875 bits per heavy atom. The lowest BCUT2D eigenvalue weighted by Crippen LogP contribution is -2.00. The van der Waals surface area contributed by atoms with E-state index in [4.69, 9.17) is 10.5 Å². The van der Waals surface area contributed by atoms with Crippen LogP contribution in [0.5, 0.6) is 11.5 Å². The average Bonchev–Trinajstić information content (AvgIpc) is 2.31. The van der Waals surface area contributed by atoms with Crippen LogP contribution in [0.15, 0.2) is 54.6 Å². The number of alkyl halides is 1. The van der Waals surface area contributed by atoms with Crippen LogP contribution in [-0.2, 0) is 0 Å². The van der Waals surface area contributed by atoms with Crippen LogP contribution < -0.4 is 10.5 Å². The van der Waals surface area contributed by atoms with Gasteiger partial charge in [0.05, 0.1) is 4.95 Å². The summed E-state index contributed by atoms with van der Waals surface area (Å²) in [5, 5.41) is 0. The van der Waals surface area contributed by atoms with Crippen molar-refractivity contribution in [2.45, 2.75) is 4.95 Å². The van der Waals surface area contributed by atoms with E-state index in [2.05, 4.69) is 15.9 Å². The highest BCUT2D eigenvalue weighted by molar-refractivity contribution is 9.09. The lowest BCUT2D eigenvalue weighted by molar-refractivity contribution is 0.482. The predicted octanol–water partition coefficient (Wildman–Crippen LogP) is 3.83. The molecule has 16 heavy (non-hydrogen) atoms. The van der Waals surface area contributed by atoms with Crippen LogP contribution in [-0.4, -0.2) is 0 Å². The summed E-state index contributed by atoms with van der Waals surface area (Å²) in [5.41, 5.74) is 6.72. The van der Waals surface area contributed by atoms with Crippen molar-refractivity contribution in [3.8, 4) is 11.5 Å². The van der Waals surface area contributed by atoms with Crippen molar-refractivity contribution in [3.05, 3.63) is 60.2 Å². The second-order valence-electron chi connectivity index (χ2n) is 3.39. The molecular weight excluding hydrogens is 266 g/mol. The van der Waals surface area contributed by atoms with Gasteiger partial charge in [-0.1, -0.05) is 46.3 Å². The summed E-state index contributed by atoms with van der Waals surface area (Å²) in [5.74, 6) is 1.64. The minimum absolute atomic E-state index is 0.127. The van der Waals surface area contributed by atoms with Gasteiger partial charge in [-0.25, -0.2) is 0 Å². The maximum absolute atomic E-state index is 5.69. The molecule has 0 aliphatic heterocycles. The summed E-state index contributed by atoms with van der Waals surface area (Å²) in [6.45, 7) is 0. The van der Waals surface area contributed by atoms with Gasteiger partial charge in [0.25, 0.3) is 0 Å². The summed E-state index contributed by atoms with van der Waals surface area (Å²) in [7, 11) is 0. The second-order valence-corrected chi connectivity index (χ2v) is 4.37. The van der Waals surface area contributed by atoms with Crippen molar-refractivity contribution >= 4 is 15.9 Å². The molecule has 2 N–H and O–H groups in total. The van der Waals surface area contributed by atoms with Crippen LogP contribution in [0.1, 0.15) is 10.5 Å². The van der Waals surface area contributed by atoms with E-state index in [1.807, 2.05) is 54.6 Å². The van der Waals surface area contributed by atoms with E-state index < -0.39 is 0 Å². The van der Waals surface area contributed by atoms with Crippen LogP contribution in [0.3, 0.4) is 0 Å². The third kappa shape index (κ3) is 2.84. The van der Waals surface area contributed by atoms with Gasteiger partial charge in [-0.3, -0.25) is 0 Å². The Labute approximate surface area is 103 Å². The van der Waals surface area contributed by atoms with Gasteiger partial charge in [0.2, 0.25) is 0 Å². The maximum atomic E-state index is 5.69. The van der Waals surface area contributed by atoms with Gasteiger partial charge >= 0.3 is 0 Å². The Hall–Kier alpha value is -1.32. The Morgan fingerprint density at radius 2 is 1.44 bits per heavy atom. The van der Waals surface area contributed by atoms with Gasteiger partial charge in [0.1, 0.15) is 11.5 Å². The molecule has 2 aromatic carbocycles. The zero-order chi connectivity index (χ0) is 11.4. The molecule has 2 rings (SSSR count). The van der Waals surface area contributed by atoms with E-state index in [0.717, 1.165) is 17.1 Å². The van der Waals surface area contributed by atoms with Crippen molar-refractivity contribution in [3.63, 3.8) is 0 Å². The molecule has 0 aliphatic carbocycles. The summed E-state index contributed by atoms with van der Waals surface area (Å²) in [6.07, 6.45) is 0. The van der Waals surface area contributed by atoms with Crippen molar-refractivity contribution < 1.29 is 4.74 Å². The minimum atomic E-state index is -0.127. The molecule has 82 valence electrons. The number of nitrogens with two attached hydrogens (primary N) is 1. The van der Waals surface area contributed by atoms with Gasteiger partial charge < -0.3 is 10.5 Å². The summed E-state index contributed by atoms with van der Waals surface area (Å²) >= 11 is 3.31. The monoisotopic (exact) mass is 277 g/mol. The standard InChI is InChI=1S/C13H12BrNO/c14-13(15)10-6-8-12(9-7-10)16-11-4-2-1-3-5-11/h1-9,13H,15H2. The van der Waals surface area contributed by atoms with E-state index in [9.17, 15) is 0 Å². The highest BCUT2D eigenvalue weighted by Gasteiger charge is 2.01. The van der Waals surface area contributed by atoms with Crippen molar-refractivity contribution in [2.75, 3.05) is 0 Å². The fourth-order valence-electron chi connectivity index (χ4n) is 1.34. The molecule has 0 aromatic heterocycles. The fraction of sp³-hybridized carbons (Fsp3) is 0.0769. The highest BCUT2D eigenvalue weighted by Crippen LogP contribution is 2.24. The molecule has 1 unspecified atom stereocenters. The molecule has 0 spiro atoms. The molecule has 2 nitrogen and oxygen atoms in total. The molecule has 0 bridgehead atoms. The van der Waals surface area contributed by atoms with E-state index in [-0.39, 0.29) is 4.95 Å². The van der Waals surface area contributed by atoms with Crippen molar-refractivity contribution in [1.29, 1.82) is 0 Å². The largest absolute Gasteiger partial charge is 0.457 e. The predicted molar refractivity (Wildman–Crippen MR) is 68.8 cm³/mol. The zero-order valence-electron chi connectivity index (χ0n) is 8.64. The second kappa shape index (κ2) is 5.14. The van der Waals surface area contributed by atoms with Gasteiger partial charge in [-0.15, -0.1) is 0 Å². The third-order valence-electron chi connectivity index (χ3n) is 2.18. The molecular formula is C13H12BrNO. The summed E-state index contributed by atoms with van der Waals surface area (Å²) < 4.78 is 5.66. The van der Waals surface area contributed by atoms with E-state index >= 15 is 0 Å². The molecule has 2 aromatic rings. The number of halogens is 1. The van der Waals surface area contributed by atoms with Gasteiger partial charge in [0.15, 0.2) is 0 Å². The van der Waals surface area contributed by atoms with E-state index in [1.165, 1.54) is 0 Å². The van der Waals surface area contributed by atoms with Crippen LogP contribution in [0.25, 0.3) is 0 Å². The Morgan fingerprint density at radius 3 is 2.00 bits per heavy atom. The normalized spacial score (nSPS) is 12.1. The van der Waals surface area contributed by atoms with E-state index in [1.54, 1.807) is 0 Å². The van der Waals surface area contributed by atoms with Crippen LogP contribution >= 0.6 is 15.9 Å². The van der Waals surface area contributed by atoms with E-state index in [0.29, 0.717) is 0 Å². The lowest BCUT2D eigenvalue weighted by atomic mass is 10.2. The number of para-hydroxylation sites is 1. The Balaban J connectivity index is 2.11. The maximum Gasteiger partial charge on any atom is 0.127 e. The van der Waals surface area contributed by atoms with Gasteiger partial charge in [-0.2, -0.15) is 0 Å².